The molecule has 4 rings (SSSR count). The van der Waals surface area contributed by atoms with Crippen LogP contribution in [0.1, 0.15) is 23.6 Å². The Hall–Kier alpha value is -3.13. The molecule has 0 fully saturated rings. The van der Waals surface area contributed by atoms with Crippen LogP contribution in [0.5, 0.6) is 5.75 Å². The van der Waals surface area contributed by atoms with Gasteiger partial charge in [0.25, 0.3) is 0 Å². The van der Waals surface area contributed by atoms with Crippen molar-refractivity contribution in [2.45, 2.75) is 12.3 Å². The number of rotatable bonds is 3. The zero-order valence-corrected chi connectivity index (χ0v) is 14.1. The van der Waals surface area contributed by atoms with Gasteiger partial charge in [-0.15, -0.1) is 0 Å². The Bertz CT molecular complexity index is 972. The van der Waals surface area contributed by atoms with Crippen LogP contribution in [0, 0.1) is 0 Å². The van der Waals surface area contributed by atoms with E-state index in [-0.39, 0.29) is 5.75 Å². The van der Waals surface area contributed by atoms with Crippen molar-refractivity contribution in [3.8, 4) is 5.75 Å². The van der Waals surface area contributed by atoms with Crippen LogP contribution < -0.4 is 0 Å². The number of nitrogens with zero attached hydrogens (tertiary/aromatic N) is 1. The molecule has 2 nitrogen and oxygen atoms in total. The minimum atomic E-state index is -0.398. The number of aliphatic imine (C=N–C) groups is 1. The Labute approximate surface area is 147 Å². The maximum Gasteiger partial charge on any atom is 0.124 e. The molecule has 0 amide bonds. The highest BCUT2D eigenvalue weighted by atomic mass is 16.3. The lowest BCUT2D eigenvalue weighted by molar-refractivity contribution is 0.473. The SMILES string of the molecule is C[C@]1(/C=C/c2ccccc2)C(c2ccccc2O)=Nc2ccccc21. The first-order valence-electron chi connectivity index (χ1n) is 8.40. The summed E-state index contributed by atoms with van der Waals surface area (Å²) in [5.41, 5.74) is 4.51. The smallest absolute Gasteiger partial charge is 0.124 e. The minimum absolute atomic E-state index is 0.258. The number of fused-ring (bicyclic) bond motifs is 1. The second-order valence-electron chi connectivity index (χ2n) is 6.44. The van der Waals surface area contributed by atoms with Gasteiger partial charge in [-0.1, -0.05) is 72.8 Å². The van der Waals surface area contributed by atoms with Crippen molar-refractivity contribution < 1.29 is 5.11 Å². The lowest BCUT2D eigenvalue weighted by Crippen LogP contribution is -2.28. The van der Waals surface area contributed by atoms with Crippen molar-refractivity contribution in [2.75, 3.05) is 0 Å². The van der Waals surface area contributed by atoms with E-state index in [1.54, 1.807) is 6.07 Å². The van der Waals surface area contributed by atoms with Crippen molar-refractivity contribution in [3.63, 3.8) is 0 Å². The average Bonchev–Trinajstić information content (AvgIpc) is 2.95. The maximum atomic E-state index is 10.4. The molecular formula is C23H19NO. The summed E-state index contributed by atoms with van der Waals surface area (Å²) in [5, 5.41) is 10.4. The fourth-order valence-corrected chi connectivity index (χ4v) is 3.38. The van der Waals surface area contributed by atoms with Gasteiger partial charge in [-0.2, -0.15) is 0 Å². The number of aromatic hydroxyl groups is 1. The van der Waals surface area contributed by atoms with Crippen LogP contribution in [-0.2, 0) is 5.41 Å². The summed E-state index contributed by atoms with van der Waals surface area (Å²) in [6.45, 7) is 2.16. The largest absolute Gasteiger partial charge is 0.507 e. The van der Waals surface area contributed by atoms with Gasteiger partial charge in [-0.05, 0) is 36.2 Å². The van der Waals surface area contributed by atoms with E-state index in [9.17, 15) is 5.11 Å². The van der Waals surface area contributed by atoms with Crippen molar-refractivity contribution >= 4 is 17.5 Å². The van der Waals surface area contributed by atoms with Gasteiger partial charge in [0.15, 0.2) is 0 Å². The number of para-hydroxylation sites is 2. The molecule has 1 atom stereocenters. The van der Waals surface area contributed by atoms with E-state index in [1.807, 2.05) is 54.6 Å². The lowest BCUT2D eigenvalue weighted by Gasteiger charge is -2.24. The number of hydrogen-bond acceptors (Lipinski definition) is 2. The molecule has 0 spiro atoms. The first-order chi connectivity index (χ1) is 12.2. The molecule has 0 saturated carbocycles. The third-order valence-corrected chi connectivity index (χ3v) is 4.76. The normalized spacial score (nSPS) is 19.0. The highest BCUT2D eigenvalue weighted by Crippen LogP contribution is 2.44. The van der Waals surface area contributed by atoms with Gasteiger partial charge in [0.1, 0.15) is 5.75 Å². The van der Waals surface area contributed by atoms with Crippen molar-refractivity contribution in [2.24, 2.45) is 4.99 Å². The Balaban J connectivity index is 1.86. The Kier molecular flexibility index (Phi) is 3.73. The molecule has 25 heavy (non-hydrogen) atoms. The van der Waals surface area contributed by atoms with E-state index in [1.165, 1.54) is 0 Å². The van der Waals surface area contributed by atoms with Gasteiger partial charge in [0, 0.05) is 5.56 Å². The fourth-order valence-electron chi connectivity index (χ4n) is 3.38. The summed E-state index contributed by atoms with van der Waals surface area (Å²) >= 11 is 0. The van der Waals surface area contributed by atoms with E-state index >= 15 is 0 Å². The van der Waals surface area contributed by atoms with Crippen LogP contribution in [0.15, 0.2) is 89.9 Å². The third-order valence-electron chi connectivity index (χ3n) is 4.76. The molecular weight excluding hydrogens is 306 g/mol. The summed E-state index contributed by atoms with van der Waals surface area (Å²) in [4.78, 5) is 4.85. The van der Waals surface area contributed by atoms with E-state index in [0.717, 1.165) is 28.1 Å². The fraction of sp³-hybridized carbons (Fsp3) is 0.0870. The van der Waals surface area contributed by atoms with Gasteiger partial charge in [-0.25, -0.2) is 0 Å². The van der Waals surface area contributed by atoms with E-state index in [4.69, 9.17) is 4.99 Å². The number of phenolic OH excluding ortho intramolecular Hbond substituents is 1. The number of phenols is 1. The van der Waals surface area contributed by atoms with Crippen LogP contribution in [0.2, 0.25) is 0 Å². The molecule has 0 radical (unpaired) electrons. The second-order valence-corrected chi connectivity index (χ2v) is 6.44. The third kappa shape index (κ3) is 2.66. The molecule has 122 valence electrons. The van der Waals surface area contributed by atoms with E-state index < -0.39 is 5.41 Å². The van der Waals surface area contributed by atoms with Crippen LogP contribution in [-0.4, -0.2) is 10.8 Å². The monoisotopic (exact) mass is 325 g/mol. The summed E-state index contributed by atoms with van der Waals surface area (Å²) in [5.74, 6) is 0.258. The molecule has 3 aromatic rings. The van der Waals surface area contributed by atoms with Crippen LogP contribution in [0.25, 0.3) is 6.08 Å². The molecule has 1 N–H and O–H groups in total. The standard InChI is InChI=1S/C23H19NO/c1-23(16-15-17-9-3-2-4-10-17)19-12-6-7-13-20(19)24-22(23)18-11-5-8-14-21(18)25/h2-16,25H,1H3/b16-15+/t23-/m1/s1. The van der Waals surface area contributed by atoms with Crippen molar-refractivity contribution in [3.05, 3.63) is 102 Å². The number of benzene rings is 3. The first kappa shape index (κ1) is 15.4. The number of hydrogen-bond donors (Lipinski definition) is 1. The molecule has 0 aliphatic carbocycles. The zero-order chi connectivity index (χ0) is 17.3. The topological polar surface area (TPSA) is 32.6 Å². The quantitative estimate of drug-likeness (QED) is 0.678. The summed E-state index contributed by atoms with van der Waals surface area (Å²) < 4.78 is 0. The number of allylic oxidation sites excluding steroid dienone is 1. The van der Waals surface area contributed by atoms with E-state index in [0.29, 0.717) is 0 Å². The Morgan fingerprint density at radius 3 is 2.32 bits per heavy atom. The average molecular weight is 325 g/mol. The first-order valence-corrected chi connectivity index (χ1v) is 8.40. The van der Waals surface area contributed by atoms with Crippen LogP contribution in [0.3, 0.4) is 0 Å². The summed E-state index contributed by atoms with van der Waals surface area (Å²) in [6.07, 6.45) is 4.30. The predicted molar refractivity (Wildman–Crippen MR) is 104 cm³/mol. The Morgan fingerprint density at radius 2 is 1.52 bits per heavy atom. The molecule has 0 unspecified atom stereocenters. The highest BCUT2D eigenvalue weighted by molar-refractivity contribution is 6.15. The highest BCUT2D eigenvalue weighted by Gasteiger charge is 2.38. The second kappa shape index (κ2) is 6.06. The lowest BCUT2D eigenvalue weighted by atomic mass is 9.76. The molecule has 0 aromatic heterocycles. The molecule has 0 bridgehead atoms. The molecule has 0 saturated heterocycles. The van der Waals surface area contributed by atoms with Crippen LogP contribution >= 0.6 is 0 Å². The van der Waals surface area contributed by atoms with Crippen LogP contribution in [0.4, 0.5) is 5.69 Å². The predicted octanol–water partition coefficient (Wildman–Crippen LogP) is 5.50. The van der Waals surface area contributed by atoms with Gasteiger partial charge in [0.2, 0.25) is 0 Å². The van der Waals surface area contributed by atoms with Gasteiger partial charge < -0.3 is 5.11 Å². The molecule has 1 heterocycles. The summed E-state index contributed by atoms with van der Waals surface area (Å²) in [6, 6.07) is 25.8. The minimum Gasteiger partial charge on any atom is -0.507 e. The molecule has 2 heteroatoms. The van der Waals surface area contributed by atoms with Gasteiger partial charge >= 0.3 is 0 Å². The maximum absolute atomic E-state index is 10.4. The Morgan fingerprint density at radius 1 is 0.840 bits per heavy atom. The molecule has 1 aliphatic rings. The summed E-state index contributed by atoms with van der Waals surface area (Å²) in [7, 11) is 0. The zero-order valence-electron chi connectivity index (χ0n) is 14.1. The van der Waals surface area contributed by atoms with Gasteiger partial charge in [0.05, 0.1) is 16.8 Å². The van der Waals surface area contributed by atoms with Crippen molar-refractivity contribution in [1.29, 1.82) is 0 Å². The van der Waals surface area contributed by atoms with Gasteiger partial charge in [-0.3, -0.25) is 4.99 Å². The molecule has 1 aliphatic heterocycles. The van der Waals surface area contributed by atoms with Crippen molar-refractivity contribution in [1.82, 2.24) is 0 Å². The van der Waals surface area contributed by atoms with E-state index in [2.05, 4.69) is 37.3 Å². The molecule has 3 aromatic carbocycles.